The maximum Gasteiger partial charge on any atom is 0.255 e. The molecule has 1 aromatic heterocycles. The van der Waals surface area contributed by atoms with Gasteiger partial charge < -0.3 is 10.6 Å². The number of benzene rings is 3. The number of carbonyl (C=O) groups is 1. The van der Waals surface area contributed by atoms with Gasteiger partial charge in [-0.1, -0.05) is 24.3 Å². The predicted octanol–water partition coefficient (Wildman–Crippen LogP) is 5.29. The molecule has 0 aliphatic heterocycles. The first-order valence-electron chi connectivity index (χ1n) is 7.85. The molecule has 2 N–H and O–H groups in total. The molecule has 1 heterocycles. The van der Waals surface area contributed by atoms with E-state index in [1.54, 1.807) is 11.6 Å². The van der Waals surface area contributed by atoms with Crippen molar-refractivity contribution < 1.29 is 4.79 Å². The van der Waals surface area contributed by atoms with Crippen molar-refractivity contribution in [3.05, 3.63) is 83.9 Å². The summed E-state index contributed by atoms with van der Waals surface area (Å²) in [7, 11) is 0. The Balaban J connectivity index is 1.52. The molecule has 5 heteroatoms. The van der Waals surface area contributed by atoms with Crippen molar-refractivity contribution in [3.8, 4) is 0 Å². The Morgan fingerprint density at radius 2 is 1.64 bits per heavy atom. The monoisotopic (exact) mass is 345 g/mol. The number of hydrogen-bond donors (Lipinski definition) is 2. The van der Waals surface area contributed by atoms with E-state index in [1.165, 1.54) is 11.3 Å². The summed E-state index contributed by atoms with van der Waals surface area (Å²) in [6.07, 6.45) is 0. The van der Waals surface area contributed by atoms with Crippen LogP contribution in [-0.4, -0.2) is 10.9 Å². The summed E-state index contributed by atoms with van der Waals surface area (Å²) >= 11 is 1.53. The maximum atomic E-state index is 12.5. The van der Waals surface area contributed by atoms with Crippen molar-refractivity contribution >= 4 is 44.5 Å². The predicted molar refractivity (Wildman–Crippen MR) is 104 cm³/mol. The molecule has 1 amide bonds. The number of thiazole rings is 1. The number of carbonyl (C=O) groups excluding carboxylic acids is 1. The van der Waals surface area contributed by atoms with Crippen LogP contribution >= 0.6 is 11.3 Å². The Bertz CT molecular complexity index is 1030. The fraction of sp³-hybridized carbons (Fsp3) is 0. The zero-order valence-electron chi connectivity index (χ0n) is 13.3. The van der Waals surface area contributed by atoms with E-state index in [-0.39, 0.29) is 5.91 Å². The van der Waals surface area contributed by atoms with Crippen molar-refractivity contribution in [2.75, 3.05) is 10.6 Å². The number of anilines is 3. The van der Waals surface area contributed by atoms with Gasteiger partial charge >= 0.3 is 0 Å². The van der Waals surface area contributed by atoms with Gasteiger partial charge in [-0.15, -0.1) is 11.3 Å². The second kappa shape index (κ2) is 6.75. The molecule has 0 fully saturated rings. The highest BCUT2D eigenvalue weighted by atomic mass is 32.1. The average Bonchev–Trinajstić information content (AvgIpc) is 3.10. The smallest absolute Gasteiger partial charge is 0.255 e. The SMILES string of the molecule is O=C(Nc1cccc(Nc2ccccc2)c1)c1ccc2ncsc2c1. The number of amides is 1. The van der Waals surface area contributed by atoms with Crippen LogP contribution < -0.4 is 10.6 Å². The van der Waals surface area contributed by atoms with E-state index >= 15 is 0 Å². The van der Waals surface area contributed by atoms with E-state index in [2.05, 4.69) is 15.6 Å². The summed E-state index contributed by atoms with van der Waals surface area (Å²) in [5, 5.41) is 6.27. The minimum atomic E-state index is -0.132. The highest BCUT2D eigenvalue weighted by Gasteiger charge is 2.08. The number of nitrogens with one attached hydrogen (secondary N) is 2. The Morgan fingerprint density at radius 3 is 2.52 bits per heavy atom. The summed E-state index contributed by atoms with van der Waals surface area (Å²) in [6, 6.07) is 23.1. The van der Waals surface area contributed by atoms with Gasteiger partial charge in [0.25, 0.3) is 5.91 Å². The van der Waals surface area contributed by atoms with Crippen LogP contribution in [0.5, 0.6) is 0 Å². The number of aromatic nitrogens is 1. The summed E-state index contributed by atoms with van der Waals surface area (Å²) < 4.78 is 1.01. The highest BCUT2D eigenvalue weighted by molar-refractivity contribution is 7.16. The van der Waals surface area contributed by atoms with Crippen molar-refractivity contribution in [1.82, 2.24) is 4.98 Å². The lowest BCUT2D eigenvalue weighted by Crippen LogP contribution is -2.11. The number of hydrogen-bond acceptors (Lipinski definition) is 4. The van der Waals surface area contributed by atoms with E-state index in [0.29, 0.717) is 5.56 Å². The van der Waals surface area contributed by atoms with Crippen LogP contribution in [0.15, 0.2) is 78.3 Å². The van der Waals surface area contributed by atoms with Crippen molar-refractivity contribution in [2.45, 2.75) is 0 Å². The number of fused-ring (bicyclic) bond motifs is 1. The van der Waals surface area contributed by atoms with Gasteiger partial charge in [0.2, 0.25) is 0 Å². The second-order valence-electron chi connectivity index (χ2n) is 5.56. The minimum absolute atomic E-state index is 0.132. The first kappa shape index (κ1) is 15.4. The molecule has 0 bridgehead atoms. The molecule has 4 rings (SSSR count). The standard InChI is InChI=1S/C20H15N3OS/c24-20(14-9-10-18-19(11-14)25-13-21-18)23-17-8-4-7-16(12-17)22-15-5-2-1-3-6-15/h1-13,22H,(H,23,24). The van der Waals surface area contributed by atoms with E-state index in [9.17, 15) is 4.79 Å². The van der Waals surface area contributed by atoms with Crippen molar-refractivity contribution in [3.63, 3.8) is 0 Å². The first-order chi connectivity index (χ1) is 12.3. The van der Waals surface area contributed by atoms with Crippen LogP contribution in [0.2, 0.25) is 0 Å². The lowest BCUT2D eigenvalue weighted by atomic mass is 10.2. The summed E-state index contributed by atoms with van der Waals surface area (Å²) in [6.45, 7) is 0. The third kappa shape index (κ3) is 3.51. The van der Waals surface area contributed by atoms with Crippen LogP contribution in [0.1, 0.15) is 10.4 Å². The lowest BCUT2D eigenvalue weighted by Gasteiger charge is -2.10. The molecule has 0 aliphatic carbocycles. The van der Waals surface area contributed by atoms with Gasteiger partial charge in [0.15, 0.2) is 0 Å². The quantitative estimate of drug-likeness (QED) is 0.528. The van der Waals surface area contributed by atoms with Gasteiger partial charge in [-0.3, -0.25) is 4.79 Å². The molecule has 0 aliphatic rings. The molecule has 4 nitrogen and oxygen atoms in total. The zero-order valence-corrected chi connectivity index (χ0v) is 14.1. The Morgan fingerprint density at radius 1 is 0.840 bits per heavy atom. The molecular weight excluding hydrogens is 330 g/mol. The van der Waals surface area contributed by atoms with Crippen LogP contribution in [-0.2, 0) is 0 Å². The van der Waals surface area contributed by atoms with Gasteiger partial charge in [0, 0.05) is 22.6 Å². The minimum Gasteiger partial charge on any atom is -0.355 e. The van der Waals surface area contributed by atoms with Gasteiger partial charge in [0.05, 0.1) is 15.7 Å². The molecule has 0 spiro atoms. The maximum absolute atomic E-state index is 12.5. The zero-order chi connectivity index (χ0) is 17.1. The van der Waals surface area contributed by atoms with Crippen LogP contribution in [0, 0.1) is 0 Å². The summed E-state index contributed by atoms with van der Waals surface area (Å²) in [5.74, 6) is -0.132. The molecule has 0 saturated heterocycles. The van der Waals surface area contributed by atoms with Crippen LogP contribution in [0.3, 0.4) is 0 Å². The van der Waals surface area contributed by atoms with Gasteiger partial charge in [-0.05, 0) is 48.5 Å². The molecular formula is C20H15N3OS. The van der Waals surface area contributed by atoms with Crippen molar-refractivity contribution in [2.24, 2.45) is 0 Å². The summed E-state index contributed by atoms with van der Waals surface area (Å²) in [5.41, 5.74) is 5.98. The third-order valence-corrected chi connectivity index (χ3v) is 4.57. The third-order valence-electron chi connectivity index (χ3n) is 3.78. The van der Waals surface area contributed by atoms with Gasteiger partial charge in [-0.25, -0.2) is 4.98 Å². The largest absolute Gasteiger partial charge is 0.355 e. The fourth-order valence-electron chi connectivity index (χ4n) is 2.56. The van der Waals surface area contributed by atoms with E-state index in [1.807, 2.05) is 66.7 Å². The molecule has 3 aromatic carbocycles. The molecule has 25 heavy (non-hydrogen) atoms. The Labute approximate surface area is 149 Å². The fourth-order valence-corrected chi connectivity index (χ4v) is 3.28. The van der Waals surface area contributed by atoms with Crippen LogP contribution in [0.25, 0.3) is 10.2 Å². The topological polar surface area (TPSA) is 54.0 Å². The van der Waals surface area contributed by atoms with Gasteiger partial charge in [0.1, 0.15) is 0 Å². The molecule has 0 saturated carbocycles. The number of rotatable bonds is 4. The summed E-state index contributed by atoms with van der Waals surface area (Å²) in [4.78, 5) is 16.7. The van der Waals surface area contributed by atoms with E-state index in [4.69, 9.17) is 0 Å². The van der Waals surface area contributed by atoms with Crippen molar-refractivity contribution in [1.29, 1.82) is 0 Å². The van der Waals surface area contributed by atoms with Gasteiger partial charge in [-0.2, -0.15) is 0 Å². The second-order valence-corrected chi connectivity index (χ2v) is 6.45. The highest BCUT2D eigenvalue weighted by Crippen LogP contribution is 2.22. The first-order valence-corrected chi connectivity index (χ1v) is 8.73. The average molecular weight is 345 g/mol. The number of nitrogens with zero attached hydrogens (tertiary/aromatic N) is 1. The number of para-hydroxylation sites is 1. The molecule has 0 radical (unpaired) electrons. The Hall–Kier alpha value is -3.18. The Kier molecular flexibility index (Phi) is 4.14. The molecule has 0 atom stereocenters. The normalized spacial score (nSPS) is 10.6. The lowest BCUT2D eigenvalue weighted by molar-refractivity contribution is 0.102. The van der Waals surface area contributed by atoms with E-state index in [0.717, 1.165) is 27.3 Å². The van der Waals surface area contributed by atoms with E-state index < -0.39 is 0 Å². The van der Waals surface area contributed by atoms with Crippen LogP contribution in [0.4, 0.5) is 17.1 Å². The molecule has 4 aromatic rings. The molecule has 0 unspecified atom stereocenters. The molecule has 122 valence electrons.